The number of carboxylic acid groups (broad SMARTS) is 1. The van der Waals surface area contributed by atoms with Gasteiger partial charge in [0.05, 0.1) is 12.0 Å². The molecule has 0 fully saturated rings. The Kier molecular flexibility index (Phi) is 3.99. The predicted octanol–water partition coefficient (Wildman–Crippen LogP) is 1.34. The molecule has 4 nitrogen and oxygen atoms in total. The van der Waals surface area contributed by atoms with Crippen molar-refractivity contribution in [2.24, 2.45) is 0 Å². The van der Waals surface area contributed by atoms with Crippen LogP contribution in [0.5, 0.6) is 0 Å². The fourth-order valence-corrected chi connectivity index (χ4v) is 1.18. The normalized spacial score (nSPS) is 9.88. The molecule has 2 N–H and O–H groups in total. The van der Waals surface area contributed by atoms with E-state index in [4.69, 9.17) is 5.11 Å². The molecule has 0 radical (unpaired) electrons. The molecule has 0 aromatic heterocycles. The molecule has 1 rings (SSSR count). The minimum absolute atomic E-state index is 0.0124. The summed E-state index contributed by atoms with van der Waals surface area (Å²) >= 11 is 0. The molecule has 0 aliphatic heterocycles. The van der Waals surface area contributed by atoms with Gasteiger partial charge in [0.1, 0.15) is 5.82 Å². The Bertz CT molecular complexity index is 418. The van der Waals surface area contributed by atoms with E-state index in [0.717, 1.165) is 5.56 Å². The van der Waals surface area contributed by atoms with Gasteiger partial charge in [-0.2, -0.15) is 0 Å². The summed E-state index contributed by atoms with van der Waals surface area (Å²) in [6.07, 6.45) is -0.181. The minimum Gasteiger partial charge on any atom is -0.481 e. The van der Waals surface area contributed by atoms with Crippen LogP contribution in [0.1, 0.15) is 22.3 Å². The van der Waals surface area contributed by atoms with Crippen LogP contribution in [0.15, 0.2) is 18.2 Å². The molecule has 16 heavy (non-hydrogen) atoms. The molecule has 86 valence electrons. The van der Waals surface area contributed by atoms with Gasteiger partial charge in [0, 0.05) is 6.54 Å². The quantitative estimate of drug-likeness (QED) is 0.812. The van der Waals surface area contributed by atoms with Gasteiger partial charge in [0.25, 0.3) is 5.91 Å². The monoisotopic (exact) mass is 225 g/mol. The molecule has 0 heterocycles. The first-order valence-corrected chi connectivity index (χ1v) is 4.77. The van der Waals surface area contributed by atoms with Crippen LogP contribution in [0.2, 0.25) is 0 Å². The molecule has 0 aliphatic rings. The minimum atomic E-state index is -1.01. The van der Waals surface area contributed by atoms with Crippen molar-refractivity contribution in [2.45, 2.75) is 13.3 Å². The number of hydrogen-bond acceptors (Lipinski definition) is 2. The zero-order chi connectivity index (χ0) is 12.1. The number of aryl methyl sites for hydroxylation is 1. The van der Waals surface area contributed by atoms with E-state index in [9.17, 15) is 14.0 Å². The maximum absolute atomic E-state index is 13.3. The smallest absolute Gasteiger partial charge is 0.305 e. The number of aliphatic carboxylic acids is 1. The Morgan fingerprint density at radius 3 is 2.69 bits per heavy atom. The van der Waals surface area contributed by atoms with Crippen LogP contribution < -0.4 is 5.32 Å². The van der Waals surface area contributed by atoms with Crippen LogP contribution in [-0.2, 0) is 4.79 Å². The maximum Gasteiger partial charge on any atom is 0.305 e. The average Bonchev–Trinajstić information content (AvgIpc) is 2.16. The molecule has 1 aromatic rings. The number of nitrogens with one attached hydrogen (secondary N) is 1. The molecular weight excluding hydrogens is 213 g/mol. The second kappa shape index (κ2) is 5.25. The molecule has 0 aliphatic carbocycles. The summed E-state index contributed by atoms with van der Waals surface area (Å²) in [6, 6.07) is 4.25. The molecule has 0 atom stereocenters. The van der Waals surface area contributed by atoms with Gasteiger partial charge in [-0.3, -0.25) is 9.59 Å². The molecular formula is C11H12FNO3. The molecule has 1 aromatic carbocycles. The van der Waals surface area contributed by atoms with Crippen molar-refractivity contribution in [1.29, 1.82) is 0 Å². The van der Waals surface area contributed by atoms with Crippen molar-refractivity contribution >= 4 is 11.9 Å². The summed E-state index contributed by atoms with van der Waals surface area (Å²) in [4.78, 5) is 21.6. The van der Waals surface area contributed by atoms with Crippen molar-refractivity contribution in [3.8, 4) is 0 Å². The van der Waals surface area contributed by atoms with Crippen LogP contribution >= 0.6 is 0 Å². The molecule has 0 saturated heterocycles. The standard InChI is InChI=1S/C11H12FNO3/c1-7-2-3-8(9(12)6-7)11(16)13-5-4-10(14)15/h2-3,6H,4-5H2,1H3,(H,13,16)(H,14,15). The van der Waals surface area contributed by atoms with Crippen molar-refractivity contribution in [1.82, 2.24) is 5.32 Å². The largest absolute Gasteiger partial charge is 0.481 e. The van der Waals surface area contributed by atoms with E-state index in [0.29, 0.717) is 0 Å². The number of rotatable bonds is 4. The summed E-state index contributed by atoms with van der Waals surface area (Å²) in [6.45, 7) is 1.71. The highest BCUT2D eigenvalue weighted by molar-refractivity contribution is 5.94. The zero-order valence-electron chi connectivity index (χ0n) is 8.79. The molecule has 0 saturated carbocycles. The zero-order valence-corrected chi connectivity index (χ0v) is 8.79. The van der Waals surface area contributed by atoms with Crippen molar-refractivity contribution in [3.63, 3.8) is 0 Å². The van der Waals surface area contributed by atoms with Crippen LogP contribution in [0, 0.1) is 12.7 Å². The van der Waals surface area contributed by atoms with Crippen molar-refractivity contribution in [2.75, 3.05) is 6.54 Å². The van der Waals surface area contributed by atoms with E-state index in [2.05, 4.69) is 5.32 Å². The Morgan fingerprint density at radius 2 is 2.12 bits per heavy atom. The Labute approximate surface area is 92.1 Å². The third-order valence-corrected chi connectivity index (χ3v) is 1.99. The number of amides is 1. The Morgan fingerprint density at radius 1 is 1.44 bits per heavy atom. The molecule has 5 heteroatoms. The highest BCUT2D eigenvalue weighted by Crippen LogP contribution is 2.09. The SMILES string of the molecule is Cc1ccc(C(=O)NCCC(=O)O)c(F)c1. The van der Waals surface area contributed by atoms with Crippen LogP contribution in [0.4, 0.5) is 4.39 Å². The van der Waals surface area contributed by atoms with Gasteiger partial charge in [-0.25, -0.2) is 4.39 Å². The van der Waals surface area contributed by atoms with E-state index < -0.39 is 17.7 Å². The van der Waals surface area contributed by atoms with Crippen LogP contribution in [-0.4, -0.2) is 23.5 Å². The summed E-state index contributed by atoms with van der Waals surface area (Å²) in [5.74, 6) is -2.21. The molecule has 0 spiro atoms. The number of carboxylic acids is 1. The average molecular weight is 225 g/mol. The highest BCUT2D eigenvalue weighted by atomic mass is 19.1. The van der Waals surface area contributed by atoms with E-state index in [1.807, 2.05) is 0 Å². The first kappa shape index (κ1) is 12.2. The van der Waals surface area contributed by atoms with E-state index in [1.54, 1.807) is 13.0 Å². The summed E-state index contributed by atoms with van der Waals surface area (Å²) in [5, 5.41) is 10.7. The molecule has 0 bridgehead atoms. The Hall–Kier alpha value is -1.91. The second-order valence-corrected chi connectivity index (χ2v) is 3.38. The van der Waals surface area contributed by atoms with Gasteiger partial charge in [-0.05, 0) is 24.6 Å². The summed E-state index contributed by atoms with van der Waals surface area (Å²) in [7, 11) is 0. The number of hydrogen-bond donors (Lipinski definition) is 2. The summed E-state index contributed by atoms with van der Waals surface area (Å²) in [5.41, 5.74) is 0.649. The number of carbonyl (C=O) groups excluding carboxylic acids is 1. The van der Waals surface area contributed by atoms with E-state index in [1.165, 1.54) is 12.1 Å². The van der Waals surface area contributed by atoms with Crippen LogP contribution in [0.3, 0.4) is 0 Å². The predicted molar refractivity (Wildman–Crippen MR) is 55.7 cm³/mol. The van der Waals surface area contributed by atoms with Gasteiger partial charge < -0.3 is 10.4 Å². The Balaban J connectivity index is 2.63. The molecule has 0 unspecified atom stereocenters. The molecule has 1 amide bonds. The third-order valence-electron chi connectivity index (χ3n) is 1.99. The van der Waals surface area contributed by atoms with Crippen LogP contribution in [0.25, 0.3) is 0 Å². The third kappa shape index (κ3) is 3.34. The van der Waals surface area contributed by atoms with Gasteiger partial charge in [-0.1, -0.05) is 6.07 Å². The lowest BCUT2D eigenvalue weighted by Gasteiger charge is -2.05. The van der Waals surface area contributed by atoms with Gasteiger partial charge in [0.2, 0.25) is 0 Å². The topological polar surface area (TPSA) is 66.4 Å². The van der Waals surface area contributed by atoms with Gasteiger partial charge in [0.15, 0.2) is 0 Å². The fourth-order valence-electron chi connectivity index (χ4n) is 1.18. The first-order chi connectivity index (χ1) is 7.50. The maximum atomic E-state index is 13.3. The van der Waals surface area contributed by atoms with Crippen molar-refractivity contribution < 1.29 is 19.1 Å². The van der Waals surface area contributed by atoms with E-state index >= 15 is 0 Å². The van der Waals surface area contributed by atoms with Crippen molar-refractivity contribution in [3.05, 3.63) is 35.1 Å². The second-order valence-electron chi connectivity index (χ2n) is 3.38. The van der Waals surface area contributed by atoms with E-state index in [-0.39, 0.29) is 18.5 Å². The van der Waals surface area contributed by atoms with Gasteiger partial charge in [-0.15, -0.1) is 0 Å². The lowest BCUT2D eigenvalue weighted by atomic mass is 10.1. The lowest BCUT2D eigenvalue weighted by Crippen LogP contribution is -2.26. The number of carbonyl (C=O) groups is 2. The van der Waals surface area contributed by atoms with Gasteiger partial charge >= 0.3 is 5.97 Å². The first-order valence-electron chi connectivity index (χ1n) is 4.77. The lowest BCUT2D eigenvalue weighted by molar-refractivity contribution is -0.136. The fraction of sp³-hybridized carbons (Fsp3) is 0.273. The number of halogens is 1. The summed E-state index contributed by atoms with van der Waals surface area (Å²) < 4.78 is 13.3. The highest BCUT2D eigenvalue weighted by Gasteiger charge is 2.11. The number of benzene rings is 1.